The summed E-state index contributed by atoms with van der Waals surface area (Å²) in [6, 6.07) is 1.83. The van der Waals surface area contributed by atoms with Crippen molar-refractivity contribution in [1.29, 1.82) is 0 Å². The van der Waals surface area contributed by atoms with Crippen LogP contribution in [0.25, 0.3) is 0 Å². The smallest absolute Gasteiger partial charge is 0.138 e. The summed E-state index contributed by atoms with van der Waals surface area (Å²) in [5.41, 5.74) is 0.735. The average Bonchev–Trinajstić information content (AvgIpc) is 2.37. The Morgan fingerprint density at radius 2 is 2.26 bits per heavy atom. The Morgan fingerprint density at radius 3 is 2.95 bits per heavy atom. The number of likely N-dealkylation sites (N-methyl/N-ethyl adjacent to an activating group) is 1. The summed E-state index contributed by atoms with van der Waals surface area (Å²) in [4.78, 5) is 6.27. The predicted octanol–water partition coefficient (Wildman–Crippen LogP) is 1.23. The summed E-state index contributed by atoms with van der Waals surface area (Å²) in [5.74, 6) is 0.677. The van der Waals surface area contributed by atoms with Gasteiger partial charge in [0.05, 0.1) is 18.9 Å². The first kappa shape index (κ1) is 14.2. The molecule has 0 radical (unpaired) electrons. The molecule has 1 saturated heterocycles. The van der Waals surface area contributed by atoms with Crippen molar-refractivity contribution >= 4 is 0 Å². The second-order valence-corrected chi connectivity index (χ2v) is 5.24. The molecular formula is C14H22N2O3. The molecule has 1 aromatic heterocycles. The third-order valence-corrected chi connectivity index (χ3v) is 3.10. The van der Waals surface area contributed by atoms with Crippen LogP contribution >= 0.6 is 0 Å². The number of ether oxygens (including phenoxy) is 2. The van der Waals surface area contributed by atoms with E-state index in [0.29, 0.717) is 12.4 Å². The quantitative estimate of drug-likeness (QED) is 0.888. The van der Waals surface area contributed by atoms with E-state index in [1.165, 1.54) is 0 Å². The molecule has 0 amide bonds. The van der Waals surface area contributed by atoms with Gasteiger partial charge in [0.1, 0.15) is 18.0 Å². The van der Waals surface area contributed by atoms with Crippen LogP contribution in [0.5, 0.6) is 5.75 Å². The van der Waals surface area contributed by atoms with E-state index in [4.69, 9.17) is 9.47 Å². The molecule has 1 N–H and O–H groups in total. The molecular weight excluding hydrogens is 244 g/mol. The maximum atomic E-state index is 10.4. The molecule has 0 bridgehead atoms. The summed E-state index contributed by atoms with van der Waals surface area (Å²) >= 11 is 0. The maximum Gasteiger partial charge on any atom is 0.138 e. The normalized spacial score (nSPS) is 22.5. The van der Waals surface area contributed by atoms with Crippen molar-refractivity contribution in [3.63, 3.8) is 0 Å². The highest BCUT2D eigenvalue weighted by Crippen LogP contribution is 2.24. The van der Waals surface area contributed by atoms with E-state index in [0.717, 1.165) is 18.7 Å². The van der Waals surface area contributed by atoms with Gasteiger partial charge in [-0.05, 0) is 27.0 Å². The Balaban J connectivity index is 2.07. The molecule has 0 aliphatic carbocycles. The first-order chi connectivity index (χ1) is 9.06. The molecule has 2 heterocycles. The van der Waals surface area contributed by atoms with Crippen LogP contribution in [0.15, 0.2) is 18.5 Å². The van der Waals surface area contributed by atoms with Crippen molar-refractivity contribution in [2.45, 2.75) is 32.2 Å². The Hall–Kier alpha value is -1.17. The first-order valence-electron chi connectivity index (χ1n) is 6.66. The summed E-state index contributed by atoms with van der Waals surface area (Å²) in [6.45, 7) is 6.19. The molecule has 0 spiro atoms. The molecule has 19 heavy (non-hydrogen) atoms. The lowest BCUT2D eigenvalue weighted by Gasteiger charge is -2.33. The van der Waals surface area contributed by atoms with Crippen molar-refractivity contribution in [2.75, 3.05) is 26.7 Å². The minimum Gasteiger partial charge on any atom is -0.489 e. The third-order valence-electron chi connectivity index (χ3n) is 3.10. The van der Waals surface area contributed by atoms with E-state index in [1.54, 1.807) is 12.4 Å². The maximum absolute atomic E-state index is 10.4. The van der Waals surface area contributed by atoms with Crippen molar-refractivity contribution in [3.8, 4) is 5.75 Å². The van der Waals surface area contributed by atoms with E-state index >= 15 is 0 Å². The Kier molecular flexibility index (Phi) is 4.74. The minimum atomic E-state index is -0.675. The summed E-state index contributed by atoms with van der Waals surface area (Å²) < 4.78 is 11.2. The fourth-order valence-corrected chi connectivity index (χ4v) is 2.15. The Bertz CT molecular complexity index is 411. The molecule has 1 aromatic rings. The van der Waals surface area contributed by atoms with Gasteiger partial charge >= 0.3 is 0 Å². The standard InChI is InChI=1S/C14H22N2O3/c1-10(2)19-12-6-11(7-15-8-12)14(17)13-9-16(3)4-5-18-13/h6-8,10,13-14,17H,4-5,9H2,1-3H3. The highest BCUT2D eigenvalue weighted by Gasteiger charge is 2.26. The third kappa shape index (κ3) is 3.89. The molecule has 5 nitrogen and oxygen atoms in total. The molecule has 0 aromatic carbocycles. The average molecular weight is 266 g/mol. The lowest BCUT2D eigenvalue weighted by Crippen LogP contribution is -2.43. The van der Waals surface area contributed by atoms with E-state index in [9.17, 15) is 5.11 Å². The second-order valence-electron chi connectivity index (χ2n) is 5.24. The lowest BCUT2D eigenvalue weighted by molar-refractivity contribution is -0.0846. The molecule has 106 valence electrons. The molecule has 0 saturated carbocycles. The van der Waals surface area contributed by atoms with Crippen molar-refractivity contribution in [2.24, 2.45) is 0 Å². The Labute approximate surface area is 114 Å². The van der Waals surface area contributed by atoms with Crippen LogP contribution in [-0.2, 0) is 4.74 Å². The van der Waals surface area contributed by atoms with Gasteiger partial charge in [0.25, 0.3) is 0 Å². The molecule has 1 fully saturated rings. The van der Waals surface area contributed by atoms with Gasteiger partial charge in [-0.1, -0.05) is 0 Å². The van der Waals surface area contributed by atoms with Gasteiger partial charge in [-0.3, -0.25) is 4.98 Å². The van der Waals surface area contributed by atoms with Crippen LogP contribution in [0.1, 0.15) is 25.5 Å². The van der Waals surface area contributed by atoms with Crippen LogP contribution in [0.2, 0.25) is 0 Å². The SMILES string of the molecule is CC(C)Oc1cncc(C(O)C2CN(C)CCO2)c1. The number of aliphatic hydroxyl groups excluding tert-OH is 1. The highest BCUT2D eigenvalue weighted by molar-refractivity contribution is 5.26. The van der Waals surface area contributed by atoms with Crippen molar-refractivity contribution in [1.82, 2.24) is 9.88 Å². The fraction of sp³-hybridized carbons (Fsp3) is 0.643. The van der Waals surface area contributed by atoms with Gasteiger partial charge in [-0.2, -0.15) is 0 Å². The fourth-order valence-electron chi connectivity index (χ4n) is 2.15. The first-order valence-corrected chi connectivity index (χ1v) is 6.66. The number of nitrogens with zero attached hydrogens (tertiary/aromatic N) is 2. The summed E-state index contributed by atoms with van der Waals surface area (Å²) in [5, 5.41) is 10.4. The number of pyridine rings is 1. The van der Waals surface area contributed by atoms with Crippen LogP contribution in [-0.4, -0.2) is 53.9 Å². The van der Waals surface area contributed by atoms with Crippen LogP contribution < -0.4 is 4.74 Å². The predicted molar refractivity (Wildman–Crippen MR) is 72.2 cm³/mol. The van der Waals surface area contributed by atoms with Crippen LogP contribution in [0, 0.1) is 0 Å². The van der Waals surface area contributed by atoms with Crippen molar-refractivity contribution in [3.05, 3.63) is 24.0 Å². The van der Waals surface area contributed by atoms with Gasteiger partial charge < -0.3 is 19.5 Å². The number of rotatable bonds is 4. The van der Waals surface area contributed by atoms with Gasteiger partial charge in [-0.15, -0.1) is 0 Å². The zero-order valence-corrected chi connectivity index (χ0v) is 11.7. The number of hydrogen-bond donors (Lipinski definition) is 1. The van der Waals surface area contributed by atoms with Crippen LogP contribution in [0.3, 0.4) is 0 Å². The molecule has 2 unspecified atom stereocenters. The lowest BCUT2D eigenvalue weighted by atomic mass is 10.0. The Morgan fingerprint density at radius 1 is 1.47 bits per heavy atom. The molecule has 2 atom stereocenters. The number of aromatic nitrogens is 1. The van der Waals surface area contributed by atoms with E-state index in [-0.39, 0.29) is 12.2 Å². The van der Waals surface area contributed by atoms with E-state index < -0.39 is 6.10 Å². The summed E-state index contributed by atoms with van der Waals surface area (Å²) in [7, 11) is 2.03. The molecule has 1 aliphatic heterocycles. The summed E-state index contributed by atoms with van der Waals surface area (Å²) in [6.07, 6.45) is 2.52. The van der Waals surface area contributed by atoms with E-state index in [2.05, 4.69) is 9.88 Å². The largest absolute Gasteiger partial charge is 0.489 e. The second kappa shape index (κ2) is 6.32. The zero-order chi connectivity index (χ0) is 13.8. The highest BCUT2D eigenvalue weighted by atomic mass is 16.5. The number of hydrogen-bond acceptors (Lipinski definition) is 5. The van der Waals surface area contributed by atoms with Gasteiger partial charge in [0, 0.05) is 24.8 Å². The zero-order valence-electron chi connectivity index (χ0n) is 11.7. The molecule has 2 rings (SSSR count). The van der Waals surface area contributed by atoms with Gasteiger partial charge in [-0.25, -0.2) is 0 Å². The topological polar surface area (TPSA) is 54.8 Å². The molecule has 1 aliphatic rings. The minimum absolute atomic E-state index is 0.0891. The monoisotopic (exact) mass is 266 g/mol. The molecule has 5 heteroatoms. The van der Waals surface area contributed by atoms with Crippen molar-refractivity contribution < 1.29 is 14.6 Å². The van der Waals surface area contributed by atoms with Gasteiger partial charge in [0.2, 0.25) is 0 Å². The number of morpholine rings is 1. The number of aliphatic hydroxyl groups is 1. The van der Waals surface area contributed by atoms with E-state index in [1.807, 2.05) is 27.0 Å². The van der Waals surface area contributed by atoms with Gasteiger partial charge in [0.15, 0.2) is 0 Å². The van der Waals surface area contributed by atoms with Crippen LogP contribution in [0.4, 0.5) is 0 Å².